The molecule has 0 aromatic carbocycles. The Morgan fingerprint density at radius 3 is 2.83 bits per heavy atom. The molecule has 98 valence electrons. The second-order valence-corrected chi connectivity index (χ2v) is 5.86. The fourth-order valence-electron chi connectivity index (χ4n) is 1.24. The minimum absolute atomic E-state index is 0.162. The van der Waals surface area contributed by atoms with Gasteiger partial charge in [-0.25, -0.2) is 4.79 Å². The first-order valence-electron chi connectivity index (χ1n) is 5.73. The van der Waals surface area contributed by atoms with Crippen molar-refractivity contribution in [2.75, 3.05) is 6.54 Å². The fourth-order valence-corrected chi connectivity index (χ4v) is 2.00. The van der Waals surface area contributed by atoms with Crippen molar-refractivity contribution < 1.29 is 4.79 Å². The number of carbonyl (C=O) groups excluding carboxylic acids is 1. The number of carbonyl (C=O) groups is 1. The van der Waals surface area contributed by atoms with Crippen LogP contribution in [-0.4, -0.2) is 18.1 Å². The summed E-state index contributed by atoms with van der Waals surface area (Å²) in [5.41, 5.74) is 6.02. The zero-order valence-electron chi connectivity index (χ0n) is 11.0. The lowest BCUT2D eigenvalue weighted by Crippen LogP contribution is -2.46. The summed E-state index contributed by atoms with van der Waals surface area (Å²) in [6.07, 6.45) is 0. The van der Waals surface area contributed by atoms with Crippen LogP contribution in [0.15, 0.2) is 11.4 Å². The summed E-state index contributed by atoms with van der Waals surface area (Å²) in [6, 6.07) is 1.80. The van der Waals surface area contributed by atoms with Gasteiger partial charge in [-0.2, -0.15) is 0 Å². The van der Waals surface area contributed by atoms with Crippen LogP contribution in [0, 0.1) is 11.8 Å². The maximum atomic E-state index is 11.5. The van der Waals surface area contributed by atoms with E-state index in [0.29, 0.717) is 13.1 Å². The van der Waals surface area contributed by atoms with Crippen molar-refractivity contribution in [1.82, 2.24) is 10.6 Å². The van der Waals surface area contributed by atoms with Crippen LogP contribution in [0.1, 0.15) is 31.2 Å². The van der Waals surface area contributed by atoms with E-state index < -0.39 is 0 Å². The smallest absolute Gasteiger partial charge is 0.315 e. The van der Waals surface area contributed by atoms with E-state index in [0.717, 1.165) is 10.4 Å². The van der Waals surface area contributed by atoms with E-state index in [1.807, 2.05) is 32.2 Å². The van der Waals surface area contributed by atoms with Crippen LogP contribution < -0.4 is 16.4 Å². The molecule has 0 radical (unpaired) electrons. The van der Waals surface area contributed by atoms with Crippen LogP contribution in [0.4, 0.5) is 4.79 Å². The van der Waals surface area contributed by atoms with Gasteiger partial charge in [0.15, 0.2) is 0 Å². The fraction of sp³-hybridized carbons (Fsp3) is 0.462. The zero-order valence-corrected chi connectivity index (χ0v) is 11.8. The summed E-state index contributed by atoms with van der Waals surface area (Å²) in [5.74, 6) is 5.76. The molecule has 0 spiro atoms. The Bertz CT molecular complexity index is 463. The molecule has 4 nitrogen and oxygen atoms in total. The van der Waals surface area contributed by atoms with Gasteiger partial charge in [-0.05, 0) is 26.8 Å². The molecule has 0 atom stereocenters. The number of rotatable bonds is 2. The van der Waals surface area contributed by atoms with Crippen molar-refractivity contribution in [2.45, 2.75) is 32.9 Å². The molecule has 1 aromatic heterocycles. The number of thiophene rings is 1. The van der Waals surface area contributed by atoms with Crippen LogP contribution in [0.5, 0.6) is 0 Å². The lowest BCUT2D eigenvalue weighted by molar-refractivity contribution is 0.231. The summed E-state index contributed by atoms with van der Waals surface area (Å²) in [5, 5.41) is 7.61. The average molecular weight is 265 g/mol. The molecular weight excluding hydrogens is 246 g/mol. The molecular formula is C13H19N3OS. The number of nitrogens with two attached hydrogens (primary N) is 1. The van der Waals surface area contributed by atoms with Gasteiger partial charge in [0.05, 0.1) is 13.1 Å². The maximum absolute atomic E-state index is 11.5. The highest BCUT2D eigenvalue weighted by molar-refractivity contribution is 7.10. The highest BCUT2D eigenvalue weighted by Gasteiger charge is 2.13. The standard InChI is InChI=1S/C13H19N3OS/c1-13(2,3)16-12(17)15-8-11-7-10(9-18-11)5-4-6-14/h7,9H,6,8,14H2,1-3H3,(H2,15,16,17). The maximum Gasteiger partial charge on any atom is 0.315 e. The summed E-state index contributed by atoms with van der Waals surface area (Å²) in [7, 11) is 0. The topological polar surface area (TPSA) is 67.2 Å². The van der Waals surface area contributed by atoms with E-state index in [2.05, 4.69) is 22.5 Å². The predicted octanol–water partition coefficient (Wildman–Crippen LogP) is 1.66. The third kappa shape index (κ3) is 5.71. The first-order valence-corrected chi connectivity index (χ1v) is 6.61. The van der Waals surface area contributed by atoms with Gasteiger partial charge >= 0.3 is 6.03 Å². The Kier molecular flexibility index (Phi) is 5.20. The Morgan fingerprint density at radius 1 is 1.50 bits per heavy atom. The number of hydrogen-bond donors (Lipinski definition) is 3. The summed E-state index contributed by atoms with van der Waals surface area (Å²) < 4.78 is 0. The Morgan fingerprint density at radius 2 is 2.22 bits per heavy atom. The van der Waals surface area contributed by atoms with Gasteiger partial charge in [-0.15, -0.1) is 11.3 Å². The molecule has 0 saturated heterocycles. The third-order valence-electron chi connectivity index (χ3n) is 1.90. The van der Waals surface area contributed by atoms with Crippen molar-refractivity contribution in [3.05, 3.63) is 21.9 Å². The Hall–Kier alpha value is -1.51. The molecule has 0 aliphatic carbocycles. The van der Waals surface area contributed by atoms with Gasteiger partial charge in [-0.1, -0.05) is 11.8 Å². The summed E-state index contributed by atoms with van der Waals surface area (Å²) in [6.45, 7) is 6.70. The van der Waals surface area contributed by atoms with Gasteiger partial charge < -0.3 is 16.4 Å². The van der Waals surface area contributed by atoms with Crippen LogP contribution in [0.3, 0.4) is 0 Å². The van der Waals surface area contributed by atoms with Crippen LogP contribution in [0.25, 0.3) is 0 Å². The van der Waals surface area contributed by atoms with Crippen molar-refractivity contribution >= 4 is 17.4 Å². The van der Waals surface area contributed by atoms with Crippen LogP contribution in [-0.2, 0) is 6.54 Å². The SMILES string of the molecule is CC(C)(C)NC(=O)NCc1cc(C#CCN)cs1. The summed E-state index contributed by atoms with van der Waals surface area (Å²) >= 11 is 1.57. The molecule has 0 fully saturated rings. The van der Waals surface area contributed by atoms with Gasteiger partial charge in [0.25, 0.3) is 0 Å². The van der Waals surface area contributed by atoms with E-state index in [1.165, 1.54) is 0 Å². The van der Waals surface area contributed by atoms with Crippen LogP contribution >= 0.6 is 11.3 Å². The Labute approximate surface area is 112 Å². The second-order valence-electron chi connectivity index (χ2n) is 4.87. The van der Waals surface area contributed by atoms with Crippen molar-refractivity contribution in [1.29, 1.82) is 0 Å². The van der Waals surface area contributed by atoms with Crippen molar-refractivity contribution in [3.8, 4) is 11.8 Å². The molecule has 1 heterocycles. The lowest BCUT2D eigenvalue weighted by Gasteiger charge is -2.20. The molecule has 5 heteroatoms. The number of hydrogen-bond acceptors (Lipinski definition) is 3. The molecule has 2 amide bonds. The van der Waals surface area contributed by atoms with E-state index in [9.17, 15) is 4.79 Å². The molecule has 1 rings (SSSR count). The molecule has 0 aliphatic heterocycles. The first kappa shape index (κ1) is 14.6. The molecule has 1 aromatic rings. The molecule has 18 heavy (non-hydrogen) atoms. The van der Waals surface area contributed by atoms with E-state index in [1.54, 1.807) is 11.3 Å². The van der Waals surface area contributed by atoms with Crippen molar-refractivity contribution in [2.24, 2.45) is 5.73 Å². The monoisotopic (exact) mass is 265 g/mol. The van der Waals surface area contributed by atoms with E-state index in [4.69, 9.17) is 5.73 Å². The minimum Gasteiger partial charge on any atom is -0.334 e. The van der Waals surface area contributed by atoms with Crippen molar-refractivity contribution in [3.63, 3.8) is 0 Å². The number of urea groups is 1. The van der Waals surface area contributed by atoms with Gasteiger partial charge in [0.2, 0.25) is 0 Å². The number of amides is 2. The van der Waals surface area contributed by atoms with E-state index >= 15 is 0 Å². The number of nitrogens with one attached hydrogen (secondary N) is 2. The highest BCUT2D eigenvalue weighted by atomic mass is 32.1. The highest BCUT2D eigenvalue weighted by Crippen LogP contribution is 2.13. The van der Waals surface area contributed by atoms with Gasteiger partial charge in [-0.3, -0.25) is 0 Å². The molecule has 0 saturated carbocycles. The average Bonchev–Trinajstić information content (AvgIpc) is 2.69. The molecule has 0 aliphatic rings. The largest absolute Gasteiger partial charge is 0.334 e. The summed E-state index contributed by atoms with van der Waals surface area (Å²) in [4.78, 5) is 12.6. The molecule has 0 bridgehead atoms. The van der Waals surface area contributed by atoms with Crippen LogP contribution in [0.2, 0.25) is 0 Å². The van der Waals surface area contributed by atoms with Gasteiger partial charge in [0.1, 0.15) is 0 Å². The third-order valence-corrected chi connectivity index (χ3v) is 2.84. The van der Waals surface area contributed by atoms with Gasteiger partial charge in [0, 0.05) is 21.4 Å². The molecule has 4 N–H and O–H groups in total. The predicted molar refractivity (Wildman–Crippen MR) is 75.4 cm³/mol. The quantitative estimate of drug-likeness (QED) is 0.712. The normalized spacial score (nSPS) is 10.4. The second kappa shape index (κ2) is 6.43. The zero-order chi connectivity index (χ0) is 13.6. The minimum atomic E-state index is -0.225. The van der Waals surface area contributed by atoms with E-state index in [-0.39, 0.29) is 11.6 Å². The molecule has 0 unspecified atom stereocenters. The lowest BCUT2D eigenvalue weighted by atomic mass is 10.1. The first-order chi connectivity index (χ1) is 8.40. The Balaban J connectivity index is 2.44.